The first-order valence-corrected chi connectivity index (χ1v) is 9.40. The van der Waals surface area contributed by atoms with Gasteiger partial charge in [-0.2, -0.15) is 5.10 Å². The molecule has 29 heavy (non-hydrogen) atoms. The number of aromatic nitrogens is 2. The highest BCUT2D eigenvalue weighted by atomic mass is 16.6. The Balaban J connectivity index is 1.58. The van der Waals surface area contributed by atoms with Crippen LogP contribution in [-0.2, 0) is 6.42 Å². The van der Waals surface area contributed by atoms with Crippen molar-refractivity contribution in [3.8, 4) is 5.69 Å². The highest BCUT2D eigenvalue weighted by Crippen LogP contribution is 2.17. The molecule has 0 atom stereocenters. The largest absolute Gasteiger partial charge is 0.383 e. The second kappa shape index (κ2) is 9.01. The number of non-ortho nitro benzene ring substituents is 1. The predicted octanol–water partition coefficient (Wildman–Crippen LogP) is 3.49. The fraction of sp³-hybridized carbons (Fsp3) is 0.238. The Kier molecular flexibility index (Phi) is 6.23. The number of nitrogens with zero attached hydrogens (tertiary/aromatic N) is 3. The number of rotatable bonds is 8. The van der Waals surface area contributed by atoms with Crippen LogP contribution in [0.15, 0.2) is 54.7 Å². The highest BCUT2D eigenvalue weighted by Gasteiger charge is 2.16. The predicted molar refractivity (Wildman–Crippen MR) is 112 cm³/mol. The molecule has 0 saturated heterocycles. The van der Waals surface area contributed by atoms with Crippen LogP contribution >= 0.6 is 0 Å². The Hall–Kier alpha value is -3.68. The minimum Gasteiger partial charge on any atom is -0.383 e. The summed E-state index contributed by atoms with van der Waals surface area (Å²) in [5, 5.41) is 21.1. The lowest BCUT2D eigenvalue weighted by Gasteiger charge is -2.10. The van der Waals surface area contributed by atoms with Crippen molar-refractivity contribution in [1.82, 2.24) is 15.1 Å². The molecular formula is C21H23N5O3. The average Bonchev–Trinajstić information content (AvgIpc) is 3.16. The Morgan fingerprint density at radius 2 is 1.79 bits per heavy atom. The summed E-state index contributed by atoms with van der Waals surface area (Å²) in [7, 11) is 0. The molecule has 2 aromatic carbocycles. The van der Waals surface area contributed by atoms with Gasteiger partial charge in [0.15, 0.2) is 0 Å². The maximum atomic E-state index is 12.6. The smallest absolute Gasteiger partial charge is 0.269 e. The summed E-state index contributed by atoms with van der Waals surface area (Å²) in [6.07, 6.45) is 2.27. The maximum Gasteiger partial charge on any atom is 0.269 e. The minimum atomic E-state index is -0.438. The van der Waals surface area contributed by atoms with E-state index < -0.39 is 4.92 Å². The van der Waals surface area contributed by atoms with Gasteiger partial charge < -0.3 is 10.6 Å². The zero-order valence-electron chi connectivity index (χ0n) is 16.4. The summed E-state index contributed by atoms with van der Waals surface area (Å²) in [5.41, 5.74) is 4.30. The quantitative estimate of drug-likeness (QED) is 0.346. The number of nitrogens with one attached hydrogen (secondary N) is 2. The van der Waals surface area contributed by atoms with Gasteiger partial charge in [-0.1, -0.05) is 24.6 Å². The molecule has 8 nitrogen and oxygen atoms in total. The summed E-state index contributed by atoms with van der Waals surface area (Å²) in [6, 6.07) is 14.2. The van der Waals surface area contributed by atoms with Crippen molar-refractivity contribution in [2.24, 2.45) is 0 Å². The number of amides is 1. The third-order valence-electron chi connectivity index (χ3n) is 4.54. The van der Waals surface area contributed by atoms with Crippen molar-refractivity contribution < 1.29 is 9.72 Å². The number of carbonyl (C=O) groups is 1. The molecule has 2 N–H and O–H groups in total. The van der Waals surface area contributed by atoms with E-state index in [0.29, 0.717) is 25.1 Å². The normalized spacial score (nSPS) is 10.6. The standard InChI is InChI=1S/C21H23N5O3/c1-3-20-19(14-24-25(20)17-8-4-15(2)5-9-17)21(27)23-13-12-22-16-6-10-18(11-7-16)26(28)29/h4-11,14,22H,3,12-13H2,1-2H3,(H,23,27). The lowest BCUT2D eigenvalue weighted by atomic mass is 10.1. The summed E-state index contributed by atoms with van der Waals surface area (Å²) in [4.78, 5) is 22.8. The van der Waals surface area contributed by atoms with E-state index in [-0.39, 0.29) is 11.6 Å². The first kappa shape index (κ1) is 20.1. The van der Waals surface area contributed by atoms with E-state index in [1.165, 1.54) is 12.1 Å². The molecular weight excluding hydrogens is 370 g/mol. The number of hydrogen-bond donors (Lipinski definition) is 2. The molecule has 0 aliphatic heterocycles. The molecule has 0 aliphatic carbocycles. The summed E-state index contributed by atoms with van der Waals surface area (Å²) < 4.78 is 1.80. The molecule has 1 amide bonds. The van der Waals surface area contributed by atoms with Gasteiger partial charge in [0.2, 0.25) is 0 Å². The van der Waals surface area contributed by atoms with Crippen molar-refractivity contribution in [3.63, 3.8) is 0 Å². The second-order valence-electron chi connectivity index (χ2n) is 6.59. The SMILES string of the molecule is CCc1c(C(=O)NCCNc2ccc([N+](=O)[O-])cc2)cnn1-c1ccc(C)cc1. The van der Waals surface area contributed by atoms with Crippen LogP contribution in [0.5, 0.6) is 0 Å². The molecule has 3 aromatic rings. The van der Waals surface area contributed by atoms with Crippen molar-refractivity contribution in [1.29, 1.82) is 0 Å². The molecule has 0 unspecified atom stereocenters. The van der Waals surface area contributed by atoms with Crippen LogP contribution < -0.4 is 10.6 Å². The van der Waals surface area contributed by atoms with Crippen LogP contribution in [0.25, 0.3) is 5.69 Å². The lowest BCUT2D eigenvalue weighted by Crippen LogP contribution is -2.29. The molecule has 0 spiro atoms. The van der Waals surface area contributed by atoms with Crippen molar-refractivity contribution in [3.05, 3.63) is 81.7 Å². The highest BCUT2D eigenvalue weighted by molar-refractivity contribution is 5.95. The van der Waals surface area contributed by atoms with E-state index in [0.717, 1.165) is 22.6 Å². The van der Waals surface area contributed by atoms with Crippen LogP contribution in [-0.4, -0.2) is 33.7 Å². The van der Waals surface area contributed by atoms with Crippen LogP contribution in [0.2, 0.25) is 0 Å². The van der Waals surface area contributed by atoms with Gasteiger partial charge in [0.25, 0.3) is 11.6 Å². The van der Waals surface area contributed by atoms with Gasteiger partial charge in [0.05, 0.1) is 28.1 Å². The van der Waals surface area contributed by atoms with Gasteiger partial charge in [0.1, 0.15) is 0 Å². The van der Waals surface area contributed by atoms with Crippen molar-refractivity contribution in [2.45, 2.75) is 20.3 Å². The van der Waals surface area contributed by atoms with Gasteiger partial charge in [0, 0.05) is 30.9 Å². The van der Waals surface area contributed by atoms with E-state index in [1.807, 2.05) is 38.1 Å². The van der Waals surface area contributed by atoms with Crippen LogP contribution in [0.1, 0.15) is 28.5 Å². The molecule has 0 aliphatic rings. The molecule has 0 fully saturated rings. The van der Waals surface area contributed by atoms with E-state index in [1.54, 1.807) is 23.0 Å². The first-order valence-electron chi connectivity index (χ1n) is 9.40. The fourth-order valence-corrected chi connectivity index (χ4v) is 2.99. The number of benzene rings is 2. The van der Waals surface area contributed by atoms with E-state index in [2.05, 4.69) is 15.7 Å². The maximum absolute atomic E-state index is 12.6. The van der Waals surface area contributed by atoms with Crippen molar-refractivity contribution >= 4 is 17.3 Å². The van der Waals surface area contributed by atoms with Gasteiger partial charge in [-0.3, -0.25) is 14.9 Å². The number of nitro benzene ring substituents is 1. The Labute approximate surface area is 168 Å². The van der Waals surface area contributed by atoms with E-state index in [9.17, 15) is 14.9 Å². The van der Waals surface area contributed by atoms with Gasteiger partial charge in [-0.05, 0) is 37.6 Å². The van der Waals surface area contributed by atoms with Gasteiger partial charge in [-0.25, -0.2) is 4.68 Å². The third-order valence-corrected chi connectivity index (χ3v) is 4.54. The zero-order chi connectivity index (χ0) is 20.8. The summed E-state index contributed by atoms with van der Waals surface area (Å²) in [6.45, 7) is 4.93. The Morgan fingerprint density at radius 3 is 2.41 bits per heavy atom. The molecule has 8 heteroatoms. The number of anilines is 1. The van der Waals surface area contributed by atoms with Gasteiger partial charge in [-0.15, -0.1) is 0 Å². The van der Waals surface area contributed by atoms with Gasteiger partial charge >= 0.3 is 0 Å². The fourth-order valence-electron chi connectivity index (χ4n) is 2.99. The van der Waals surface area contributed by atoms with E-state index >= 15 is 0 Å². The van der Waals surface area contributed by atoms with Crippen molar-refractivity contribution in [2.75, 3.05) is 18.4 Å². The summed E-state index contributed by atoms with van der Waals surface area (Å²) >= 11 is 0. The Bertz CT molecular complexity index is 994. The molecule has 1 heterocycles. The third kappa shape index (κ3) is 4.78. The number of aryl methyl sites for hydroxylation is 1. The van der Waals surface area contributed by atoms with Crippen LogP contribution in [0.3, 0.4) is 0 Å². The number of hydrogen-bond acceptors (Lipinski definition) is 5. The molecule has 0 radical (unpaired) electrons. The zero-order valence-corrected chi connectivity index (χ0v) is 16.4. The number of carbonyl (C=O) groups excluding carboxylic acids is 1. The molecule has 0 bridgehead atoms. The topological polar surface area (TPSA) is 102 Å². The second-order valence-corrected chi connectivity index (χ2v) is 6.59. The molecule has 0 saturated carbocycles. The first-order chi connectivity index (χ1) is 14.0. The molecule has 1 aromatic heterocycles. The number of nitro groups is 1. The Morgan fingerprint density at radius 1 is 1.10 bits per heavy atom. The average molecular weight is 393 g/mol. The molecule has 150 valence electrons. The van der Waals surface area contributed by atoms with Crippen LogP contribution in [0.4, 0.5) is 11.4 Å². The monoisotopic (exact) mass is 393 g/mol. The molecule has 3 rings (SSSR count). The lowest BCUT2D eigenvalue weighted by molar-refractivity contribution is -0.384. The van der Waals surface area contributed by atoms with Crippen LogP contribution in [0, 0.1) is 17.0 Å². The van der Waals surface area contributed by atoms with E-state index in [4.69, 9.17) is 0 Å². The minimum absolute atomic E-state index is 0.0431. The summed E-state index contributed by atoms with van der Waals surface area (Å²) in [5.74, 6) is -0.175.